The van der Waals surface area contributed by atoms with Crippen LogP contribution >= 0.6 is 23.2 Å². The van der Waals surface area contributed by atoms with E-state index < -0.39 is 23.3 Å². The zero-order valence-electron chi connectivity index (χ0n) is 21.0. The van der Waals surface area contributed by atoms with Crippen molar-refractivity contribution in [3.8, 4) is 0 Å². The fourth-order valence-electron chi connectivity index (χ4n) is 4.43. The maximum atomic E-state index is 13.1. The number of nitrogens with two attached hydrogens (primary N) is 1. The van der Waals surface area contributed by atoms with Crippen molar-refractivity contribution in [1.29, 1.82) is 0 Å². The number of methoxy groups -OCH3 is 1. The SMILES string of the molecule is CC.COC(=O)C(Cc1ccc(NC(=O)c2c(Cl)cccc2Cl)cc1)NC(=O)C1(CCN)CCCC1. The van der Waals surface area contributed by atoms with Gasteiger partial charge in [0.05, 0.1) is 28.1 Å². The predicted octanol–water partition coefficient (Wildman–Crippen LogP) is 5.38. The standard InChI is InChI=1S/C25H29Cl2N3O4.C2H6/c1-34-23(32)20(30-24(33)25(13-14-28)11-2-3-12-25)15-16-7-9-17(10-8-16)29-22(31)21-18(26)5-4-6-19(21)27;1-2/h4-10,20H,2-3,11-15,28H2,1H3,(H,29,31)(H,30,33);1-2H3. The summed E-state index contributed by atoms with van der Waals surface area (Å²) in [6.45, 7) is 4.42. The van der Waals surface area contributed by atoms with E-state index in [0.717, 1.165) is 31.2 Å². The number of benzene rings is 2. The van der Waals surface area contributed by atoms with E-state index in [2.05, 4.69) is 10.6 Å². The number of halogens is 2. The lowest BCUT2D eigenvalue weighted by Gasteiger charge is -2.29. The number of hydrogen-bond donors (Lipinski definition) is 3. The summed E-state index contributed by atoms with van der Waals surface area (Å²) in [5.41, 5.74) is 6.77. The molecule has 0 bridgehead atoms. The second kappa shape index (κ2) is 14.2. The van der Waals surface area contributed by atoms with Crippen LogP contribution in [-0.2, 0) is 20.7 Å². The molecule has 1 saturated carbocycles. The first-order valence-electron chi connectivity index (χ1n) is 12.2. The Bertz CT molecular complexity index is 1020. The van der Waals surface area contributed by atoms with E-state index in [9.17, 15) is 14.4 Å². The van der Waals surface area contributed by atoms with Crippen LogP contribution in [0.2, 0.25) is 10.0 Å². The van der Waals surface area contributed by atoms with Gasteiger partial charge in [-0.3, -0.25) is 9.59 Å². The maximum Gasteiger partial charge on any atom is 0.328 e. The minimum absolute atomic E-state index is 0.147. The maximum absolute atomic E-state index is 13.1. The molecule has 9 heteroatoms. The van der Waals surface area contributed by atoms with Crippen LogP contribution in [0.1, 0.15) is 61.9 Å². The van der Waals surface area contributed by atoms with E-state index in [1.807, 2.05) is 13.8 Å². The predicted molar refractivity (Wildman–Crippen MR) is 144 cm³/mol. The molecule has 3 rings (SSSR count). The van der Waals surface area contributed by atoms with Gasteiger partial charge in [-0.15, -0.1) is 0 Å². The summed E-state index contributed by atoms with van der Waals surface area (Å²) in [6.07, 6.45) is 4.34. The molecule has 0 saturated heterocycles. The molecule has 2 aromatic rings. The van der Waals surface area contributed by atoms with Crippen LogP contribution in [0.5, 0.6) is 0 Å². The quantitative estimate of drug-likeness (QED) is 0.373. The molecule has 36 heavy (non-hydrogen) atoms. The van der Waals surface area contributed by atoms with Crippen LogP contribution in [0.4, 0.5) is 5.69 Å². The van der Waals surface area contributed by atoms with Gasteiger partial charge in [-0.25, -0.2) is 4.79 Å². The summed E-state index contributed by atoms with van der Waals surface area (Å²) >= 11 is 12.2. The van der Waals surface area contributed by atoms with E-state index in [-0.39, 0.29) is 27.9 Å². The second-order valence-corrected chi connectivity index (χ2v) is 9.34. The Kier molecular flexibility index (Phi) is 11.7. The Morgan fingerprint density at radius 1 is 1.03 bits per heavy atom. The first kappa shape index (κ1) is 29.6. The van der Waals surface area contributed by atoms with Crippen LogP contribution in [0.25, 0.3) is 0 Å². The van der Waals surface area contributed by atoms with Crippen LogP contribution < -0.4 is 16.4 Å². The molecule has 2 amide bonds. The van der Waals surface area contributed by atoms with Gasteiger partial charge in [-0.2, -0.15) is 0 Å². The van der Waals surface area contributed by atoms with Crippen molar-refractivity contribution >= 4 is 46.7 Å². The number of carbonyl (C=O) groups excluding carboxylic acids is 3. The average Bonchev–Trinajstić information content (AvgIpc) is 3.35. The lowest BCUT2D eigenvalue weighted by Crippen LogP contribution is -2.49. The monoisotopic (exact) mass is 535 g/mol. The highest BCUT2D eigenvalue weighted by Crippen LogP contribution is 2.41. The van der Waals surface area contributed by atoms with E-state index >= 15 is 0 Å². The van der Waals surface area contributed by atoms with Gasteiger partial charge in [0.2, 0.25) is 5.91 Å². The largest absolute Gasteiger partial charge is 0.467 e. The molecule has 0 aliphatic heterocycles. The first-order chi connectivity index (χ1) is 17.3. The summed E-state index contributed by atoms with van der Waals surface area (Å²) in [5, 5.41) is 6.17. The highest BCUT2D eigenvalue weighted by molar-refractivity contribution is 6.40. The number of nitrogens with one attached hydrogen (secondary N) is 2. The van der Waals surface area contributed by atoms with Gasteiger partial charge in [0, 0.05) is 12.1 Å². The molecular formula is C27H35Cl2N3O4. The first-order valence-corrected chi connectivity index (χ1v) is 13.0. The molecule has 2 aromatic carbocycles. The topological polar surface area (TPSA) is 111 Å². The van der Waals surface area contributed by atoms with Crippen molar-refractivity contribution in [2.75, 3.05) is 19.0 Å². The summed E-state index contributed by atoms with van der Waals surface area (Å²) < 4.78 is 4.93. The van der Waals surface area contributed by atoms with E-state index in [0.29, 0.717) is 18.7 Å². The van der Waals surface area contributed by atoms with Gasteiger partial charge in [-0.05, 0) is 55.6 Å². The van der Waals surface area contributed by atoms with Crippen LogP contribution in [-0.4, -0.2) is 37.5 Å². The number of carbonyl (C=O) groups is 3. The highest BCUT2D eigenvalue weighted by Gasteiger charge is 2.41. The van der Waals surface area contributed by atoms with E-state index in [4.69, 9.17) is 33.7 Å². The molecule has 0 spiro atoms. The smallest absolute Gasteiger partial charge is 0.328 e. The number of esters is 1. The van der Waals surface area contributed by atoms with Crippen molar-refractivity contribution in [3.63, 3.8) is 0 Å². The molecule has 1 aliphatic rings. The third-order valence-corrected chi connectivity index (χ3v) is 6.93. The molecule has 0 heterocycles. The summed E-state index contributed by atoms with van der Waals surface area (Å²) in [6, 6.07) is 11.0. The zero-order valence-corrected chi connectivity index (χ0v) is 22.5. The lowest BCUT2D eigenvalue weighted by atomic mass is 9.81. The van der Waals surface area contributed by atoms with E-state index in [1.165, 1.54) is 7.11 Å². The number of hydrogen-bond acceptors (Lipinski definition) is 5. The fourth-order valence-corrected chi connectivity index (χ4v) is 5.00. The Morgan fingerprint density at radius 2 is 1.61 bits per heavy atom. The average molecular weight is 537 g/mol. The van der Waals surface area contributed by atoms with Crippen molar-refractivity contribution < 1.29 is 19.1 Å². The summed E-state index contributed by atoms with van der Waals surface area (Å²) in [4.78, 5) is 38.1. The minimum atomic E-state index is -0.824. The summed E-state index contributed by atoms with van der Waals surface area (Å²) in [7, 11) is 1.30. The minimum Gasteiger partial charge on any atom is -0.467 e. The molecule has 7 nitrogen and oxygen atoms in total. The highest BCUT2D eigenvalue weighted by atomic mass is 35.5. The number of anilines is 1. The summed E-state index contributed by atoms with van der Waals surface area (Å²) in [5.74, 6) is -1.09. The van der Waals surface area contributed by atoms with Crippen molar-refractivity contribution in [3.05, 3.63) is 63.6 Å². The normalized spacial score (nSPS) is 14.7. The number of rotatable bonds is 9. The van der Waals surface area contributed by atoms with Crippen molar-refractivity contribution in [1.82, 2.24) is 5.32 Å². The van der Waals surface area contributed by atoms with Gasteiger partial charge in [0.15, 0.2) is 0 Å². The molecule has 1 fully saturated rings. The third-order valence-electron chi connectivity index (χ3n) is 6.30. The Hall–Kier alpha value is -2.61. The Morgan fingerprint density at radius 3 is 2.14 bits per heavy atom. The molecule has 0 aromatic heterocycles. The number of amides is 2. The molecule has 1 unspecified atom stereocenters. The van der Waals surface area contributed by atoms with Gasteiger partial charge in [-0.1, -0.05) is 68.1 Å². The van der Waals surface area contributed by atoms with Crippen LogP contribution in [0, 0.1) is 5.41 Å². The zero-order chi connectivity index (χ0) is 26.7. The number of ether oxygens (including phenoxy) is 1. The van der Waals surface area contributed by atoms with Crippen LogP contribution in [0.15, 0.2) is 42.5 Å². The second-order valence-electron chi connectivity index (χ2n) is 8.53. The molecule has 0 radical (unpaired) electrons. The third kappa shape index (κ3) is 7.45. The molecular weight excluding hydrogens is 501 g/mol. The molecule has 1 aliphatic carbocycles. The van der Waals surface area contributed by atoms with Gasteiger partial charge in [0.25, 0.3) is 5.91 Å². The molecule has 1 atom stereocenters. The van der Waals surface area contributed by atoms with Gasteiger partial charge < -0.3 is 21.1 Å². The Labute approximate surface area is 223 Å². The van der Waals surface area contributed by atoms with Gasteiger partial charge >= 0.3 is 5.97 Å². The molecule has 4 N–H and O–H groups in total. The van der Waals surface area contributed by atoms with E-state index in [1.54, 1.807) is 42.5 Å². The lowest BCUT2D eigenvalue weighted by molar-refractivity contribution is -0.146. The Balaban J connectivity index is 0.00000222. The van der Waals surface area contributed by atoms with Crippen molar-refractivity contribution in [2.45, 2.75) is 58.4 Å². The van der Waals surface area contributed by atoms with Gasteiger partial charge in [0.1, 0.15) is 6.04 Å². The fraction of sp³-hybridized carbons (Fsp3) is 0.444. The van der Waals surface area contributed by atoms with Crippen LogP contribution in [0.3, 0.4) is 0 Å². The van der Waals surface area contributed by atoms with Crippen molar-refractivity contribution in [2.24, 2.45) is 11.1 Å². The molecule has 196 valence electrons.